The van der Waals surface area contributed by atoms with Gasteiger partial charge in [-0.15, -0.1) is 0 Å². The molecule has 66 heavy (non-hydrogen) atoms. The second-order valence-electron chi connectivity index (χ2n) is 19.0. The van der Waals surface area contributed by atoms with Gasteiger partial charge in [0.1, 0.15) is 0 Å². The van der Waals surface area contributed by atoms with E-state index in [0.29, 0.717) is 0 Å². The van der Waals surface area contributed by atoms with Crippen LogP contribution in [0.1, 0.15) is 122 Å². The minimum Gasteiger partial charge on any atom is -0.0616 e. The molecule has 0 spiro atoms. The lowest BCUT2D eigenvalue weighted by molar-refractivity contribution is 1.25. The van der Waals surface area contributed by atoms with E-state index in [4.69, 9.17) is 0 Å². The Labute approximate surface area is 395 Å². The maximum Gasteiger partial charge on any atom is -0.00948 e. The highest BCUT2D eigenvalue weighted by atomic mass is 14.2. The summed E-state index contributed by atoms with van der Waals surface area (Å²) in [7, 11) is 0. The van der Waals surface area contributed by atoms with E-state index in [-0.39, 0.29) is 0 Å². The number of fused-ring (bicyclic) bond motifs is 1. The summed E-state index contributed by atoms with van der Waals surface area (Å²) in [6.07, 6.45) is 13.8. The van der Waals surface area contributed by atoms with Crippen molar-refractivity contribution in [2.75, 3.05) is 0 Å². The molecule has 0 atom stereocenters. The second-order valence-corrected chi connectivity index (χ2v) is 19.0. The molecule has 0 aliphatic carbocycles. The summed E-state index contributed by atoms with van der Waals surface area (Å²) in [5, 5.41) is 2.46. The van der Waals surface area contributed by atoms with E-state index in [9.17, 15) is 0 Å². The van der Waals surface area contributed by atoms with Gasteiger partial charge >= 0.3 is 0 Å². The highest BCUT2D eigenvalue weighted by molar-refractivity contribution is 5.97. The van der Waals surface area contributed by atoms with Gasteiger partial charge in [-0.3, -0.25) is 0 Å². The molecule has 8 rings (SSSR count). The smallest absolute Gasteiger partial charge is 0.00948 e. The van der Waals surface area contributed by atoms with E-state index in [1.165, 1.54) is 133 Å². The van der Waals surface area contributed by atoms with Crippen molar-refractivity contribution in [3.63, 3.8) is 0 Å². The van der Waals surface area contributed by atoms with Gasteiger partial charge < -0.3 is 0 Å². The zero-order valence-corrected chi connectivity index (χ0v) is 41.2. The number of benzene rings is 8. The SMILES string of the molecule is Cc1cc(C)c(C(=Cc2ccc(C=Cc3cc4ccccc4cc3C=Cc3ccc(C=C(c4c(C)cc(C)cc4C)c4c(C)cc(C)cc4C)cc3)cc2)c2c(C)cc(C)cc2C)c(C)c1. The van der Waals surface area contributed by atoms with Crippen molar-refractivity contribution < 1.29 is 0 Å². The van der Waals surface area contributed by atoms with Gasteiger partial charge in [0.25, 0.3) is 0 Å². The first-order chi connectivity index (χ1) is 31.6. The van der Waals surface area contributed by atoms with Crippen LogP contribution in [-0.4, -0.2) is 0 Å². The largest absolute Gasteiger partial charge is 0.0616 e. The monoisotopic (exact) mass is 857 g/mol. The third-order valence-electron chi connectivity index (χ3n) is 13.1. The molecular weight excluding hydrogens is 793 g/mol. The van der Waals surface area contributed by atoms with Crippen LogP contribution < -0.4 is 0 Å². The van der Waals surface area contributed by atoms with Gasteiger partial charge in [0.05, 0.1) is 0 Å². The van der Waals surface area contributed by atoms with Gasteiger partial charge in [-0.2, -0.15) is 0 Å². The van der Waals surface area contributed by atoms with Crippen LogP contribution in [0.5, 0.6) is 0 Å². The molecule has 0 radical (unpaired) electrons. The van der Waals surface area contributed by atoms with Gasteiger partial charge in [0, 0.05) is 0 Å². The average molecular weight is 857 g/mol. The summed E-state index contributed by atoms with van der Waals surface area (Å²) in [4.78, 5) is 0. The lowest BCUT2D eigenvalue weighted by Gasteiger charge is -2.20. The topological polar surface area (TPSA) is 0 Å². The van der Waals surface area contributed by atoms with Crippen molar-refractivity contribution in [2.45, 2.75) is 83.1 Å². The molecule has 0 nitrogen and oxygen atoms in total. The van der Waals surface area contributed by atoms with Crippen LogP contribution in [0, 0.1) is 83.1 Å². The fourth-order valence-corrected chi connectivity index (χ4v) is 10.6. The Morgan fingerprint density at radius 1 is 0.273 bits per heavy atom. The Bertz CT molecular complexity index is 2830. The minimum atomic E-state index is 1.16. The Kier molecular flexibility index (Phi) is 13.3. The summed E-state index contributed by atoms with van der Waals surface area (Å²) < 4.78 is 0. The first kappa shape index (κ1) is 45.5. The van der Waals surface area contributed by atoms with Crippen molar-refractivity contribution in [1.29, 1.82) is 0 Å². The molecule has 0 aliphatic heterocycles. The van der Waals surface area contributed by atoms with Crippen LogP contribution in [0.25, 0.3) is 58.4 Å². The summed E-state index contributed by atoms with van der Waals surface area (Å²) >= 11 is 0. The summed E-state index contributed by atoms with van der Waals surface area (Å²) in [5.41, 5.74) is 30.6. The van der Waals surface area contributed by atoms with Crippen LogP contribution in [0.2, 0.25) is 0 Å². The lowest BCUT2D eigenvalue weighted by Crippen LogP contribution is -2.01. The second kappa shape index (κ2) is 19.2. The molecule has 8 aromatic carbocycles. The minimum absolute atomic E-state index is 1.16. The molecule has 0 aliphatic rings. The molecule has 0 saturated heterocycles. The van der Waals surface area contributed by atoms with E-state index in [2.05, 4.69) is 253 Å². The van der Waals surface area contributed by atoms with Crippen LogP contribution in [0.4, 0.5) is 0 Å². The summed E-state index contributed by atoms with van der Waals surface area (Å²) in [6, 6.07) is 49.7. The van der Waals surface area contributed by atoms with Crippen LogP contribution in [0.15, 0.2) is 133 Å². The Morgan fingerprint density at radius 2 is 0.515 bits per heavy atom. The van der Waals surface area contributed by atoms with E-state index in [0.717, 1.165) is 11.1 Å². The normalized spacial score (nSPS) is 11.5. The Balaban J connectivity index is 1.10. The summed E-state index contributed by atoms with van der Waals surface area (Å²) in [5.74, 6) is 0. The molecule has 0 fully saturated rings. The molecule has 0 unspecified atom stereocenters. The highest BCUT2D eigenvalue weighted by Crippen LogP contribution is 2.38. The predicted molar refractivity (Wildman–Crippen MR) is 291 cm³/mol. The molecule has 0 bridgehead atoms. The van der Waals surface area contributed by atoms with Crippen LogP contribution in [-0.2, 0) is 0 Å². The maximum absolute atomic E-state index is 2.38. The van der Waals surface area contributed by atoms with Crippen molar-refractivity contribution in [2.24, 2.45) is 0 Å². The fourth-order valence-electron chi connectivity index (χ4n) is 10.6. The zero-order chi connectivity index (χ0) is 46.8. The molecule has 0 N–H and O–H groups in total. The van der Waals surface area contributed by atoms with Crippen molar-refractivity contribution >= 4 is 58.4 Å². The van der Waals surface area contributed by atoms with Crippen LogP contribution >= 0.6 is 0 Å². The van der Waals surface area contributed by atoms with Gasteiger partial charge in [-0.1, -0.05) is 168 Å². The third-order valence-corrected chi connectivity index (χ3v) is 13.1. The van der Waals surface area contributed by atoms with E-state index in [1.54, 1.807) is 0 Å². The molecule has 8 aromatic rings. The number of rotatable bonds is 10. The van der Waals surface area contributed by atoms with Gasteiger partial charge in [-0.05, 0) is 229 Å². The molecule has 0 heteroatoms. The van der Waals surface area contributed by atoms with E-state index >= 15 is 0 Å². The van der Waals surface area contributed by atoms with Crippen LogP contribution in [0.3, 0.4) is 0 Å². The third kappa shape index (κ3) is 9.95. The zero-order valence-electron chi connectivity index (χ0n) is 41.2. The summed E-state index contributed by atoms with van der Waals surface area (Å²) in [6.45, 7) is 26.7. The van der Waals surface area contributed by atoms with Crippen molar-refractivity contribution in [1.82, 2.24) is 0 Å². The van der Waals surface area contributed by atoms with Gasteiger partial charge in [-0.25, -0.2) is 0 Å². The Morgan fingerprint density at radius 3 is 0.773 bits per heavy atom. The van der Waals surface area contributed by atoms with Crippen molar-refractivity contribution in [3.8, 4) is 0 Å². The predicted octanol–water partition coefficient (Wildman–Crippen LogP) is 18.1. The number of hydrogen-bond acceptors (Lipinski definition) is 0. The standard InChI is InChI=1S/C66H64/c1-41-29-45(5)63(46(6)30-41)61(64-47(7)31-42(2)32-48(64)8)37-55-21-17-53(18-22-55)25-27-59-39-57-15-13-14-16-58(57)40-60(59)28-26-54-19-23-56(24-20-54)38-62(65-49(9)33-43(3)34-50(65)10)66-51(11)35-44(4)36-52(66)12/h13-40H,1-12H3. The van der Waals surface area contributed by atoms with Gasteiger partial charge in [0.2, 0.25) is 0 Å². The number of hydrogen-bond donors (Lipinski definition) is 0. The van der Waals surface area contributed by atoms with Gasteiger partial charge in [0.15, 0.2) is 0 Å². The fraction of sp³-hybridized carbons (Fsp3) is 0.182. The first-order valence-electron chi connectivity index (χ1n) is 23.5. The van der Waals surface area contributed by atoms with E-state index < -0.39 is 0 Å². The molecule has 0 aromatic heterocycles. The maximum atomic E-state index is 2.38. The van der Waals surface area contributed by atoms with Crippen molar-refractivity contribution in [3.05, 3.63) is 256 Å². The molecule has 0 saturated carbocycles. The molecule has 0 amide bonds. The average Bonchev–Trinajstić information content (AvgIpc) is 3.24. The molecule has 0 heterocycles. The highest BCUT2D eigenvalue weighted by Gasteiger charge is 2.18. The molecular formula is C66H64. The Hall–Kier alpha value is -7.02. The number of aryl methyl sites for hydroxylation is 12. The molecule has 328 valence electrons. The quantitative estimate of drug-likeness (QED) is 0.120. The first-order valence-corrected chi connectivity index (χ1v) is 23.5. The van der Waals surface area contributed by atoms with E-state index in [1.807, 2.05) is 0 Å². The lowest BCUT2D eigenvalue weighted by atomic mass is 9.84.